The standard InChI is InChI=1S/C84H155NO8/c1-6-8-10-12-14-16-18-20-22-24-26-28-30-32-34-36-38-40-41-43-45-47-49-51-53-55-57-59-61-63-65-67-69-71-73-75-82(87)93-80(79-92-84(83(88)89)90-77-76-85(3,4)5)78-91-81(86)74-72-70-68-66-64-62-60-58-56-54-52-50-48-46-44-42-39-37-35-33-31-29-27-25-23-21-19-17-15-13-11-9-7-2/h8,10,14,16,20,22,25-28,80,84H,6-7,9,11-13,15,17-19,21,23-24,29-79H2,1-5H3/p+1/b10-8-,16-14-,22-20-,27-25-,28-26-. The second kappa shape index (κ2) is 74.8. The van der Waals surface area contributed by atoms with Crippen molar-refractivity contribution < 1.29 is 42.9 Å². The third kappa shape index (κ3) is 76.2. The van der Waals surface area contributed by atoms with Crippen molar-refractivity contribution in [3.05, 3.63) is 60.8 Å². The molecule has 0 rings (SSSR count). The number of hydrogen-bond acceptors (Lipinski definition) is 7. The van der Waals surface area contributed by atoms with Crippen LogP contribution < -0.4 is 0 Å². The molecule has 9 nitrogen and oxygen atoms in total. The molecule has 0 aromatic carbocycles. The Morgan fingerprint density at radius 3 is 0.925 bits per heavy atom. The highest BCUT2D eigenvalue weighted by Crippen LogP contribution is 2.20. The van der Waals surface area contributed by atoms with Gasteiger partial charge in [0.1, 0.15) is 13.2 Å². The van der Waals surface area contributed by atoms with E-state index >= 15 is 0 Å². The van der Waals surface area contributed by atoms with Crippen molar-refractivity contribution in [3.63, 3.8) is 0 Å². The summed E-state index contributed by atoms with van der Waals surface area (Å²) >= 11 is 0. The molecule has 1 N–H and O–H groups in total. The zero-order valence-corrected chi connectivity index (χ0v) is 62.4. The predicted molar refractivity (Wildman–Crippen MR) is 401 cm³/mol. The fourth-order valence-corrected chi connectivity index (χ4v) is 12.1. The summed E-state index contributed by atoms with van der Waals surface area (Å²) in [6, 6.07) is 0. The maximum absolute atomic E-state index is 13.0. The molecule has 0 spiro atoms. The Morgan fingerprint density at radius 2 is 0.613 bits per heavy atom. The summed E-state index contributed by atoms with van der Waals surface area (Å²) in [7, 11) is 6.00. The zero-order chi connectivity index (χ0) is 67.5. The highest BCUT2D eigenvalue weighted by atomic mass is 16.7. The van der Waals surface area contributed by atoms with Gasteiger partial charge in [0.15, 0.2) is 6.10 Å². The number of quaternary nitrogens is 1. The number of esters is 2. The molecule has 0 aliphatic rings. The lowest BCUT2D eigenvalue weighted by atomic mass is 10.0. The summed E-state index contributed by atoms with van der Waals surface area (Å²) in [5.74, 6) is -1.97. The lowest BCUT2D eigenvalue weighted by Crippen LogP contribution is -2.40. The number of carboxylic acid groups (broad SMARTS) is 1. The molecule has 0 fully saturated rings. The first-order chi connectivity index (χ1) is 45.6. The van der Waals surface area contributed by atoms with Crippen LogP contribution in [0.1, 0.15) is 399 Å². The molecule has 9 heteroatoms. The third-order valence-corrected chi connectivity index (χ3v) is 18.3. The lowest BCUT2D eigenvalue weighted by molar-refractivity contribution is -0.870. The fourth-order valence-electron chi connectivity index (χ4n) is 12.1. The van der Waals surface area contributed by atoms with Crippen molar-refractivity contribution in [2.24, 2.45) is 0 Å². The average molecular weight is 1310 g/mol. The van der Waals surface area contributed by atoms with Gasteiger partial charge in [-0.25, -0.2) is 4.79 Å². The van der Waals surface area contributed by atoms with E-state index in [4.69, 9.17) is 18.9 Å². The molecule has 93 heavy (non-hydrogen) atoms. The third-order valence-electron chi connectivity index (χ3n) is 18.3. The van der Waals surface area contributed by atoms with Crippen LogP contribution in [0.5, 0.6) is 0 Å². The molecule has 0 aliphatic heterocycles. The number of unbranched alkanes of at least 4 members (excludes halogenated alkanes) is 51. The molecule has 0 aromatic rings. The number of likely N-dealkylation sites (N-methyl/N-ethyl adjacent to an activating group) is 1. The van der Waals surface area contributed by atoms with Gasteiger partial charge in [0, 0.05) is 12.8 Å². The maximum atomic E-state index is 13.0. The number of aliphatic carboxylic acids is 1. The first kappa shape index (κ1) is 90.0. The highest BCUT2D eigenvalue weighted by Gasteiger charge is 2.25. The minimum Gasteiger partial charge on any atom is -0.477 e. The second-order valence-corrected chi connectivity index (χ2v) is 28.7. The van der Waals surface area contributed by atoms with Crippen molar-refractivity contribution in [1.82, 2.24) is 0 Å². The number of carboxylic acids is 1. The zero-order valence-electron chi connectivity index (χ0n) is 62.4. The first-order valence-corrected chi connectivity index (χ1v) is 40.5. The quantitative estimate of drug-likeness (QED) is 0.0211. The molecular weight excluding hydrogens is 1150 g/mol. The Hall–Kier alpha value is -3.01. The van der Waals surface area contributed by atoms with Gasteiger partial charge in [-0.2, -0.15) is 0 Å². The molecule has 0 amide bonds. The van der Waals surface area contributed by atoms with Gasteiger partial charge in [-0.3, -0.25) is 9.59 Å². The van der Waals surface area contributed by atoms with E-state index in [9.17, 15) is 19.5 Å². The van der Waals surface area contributed by atoms with E-state index in [-0.39, 0.29) is 38.2 Å². The topological polar surface area (TPSA) is 108 Å². The van der Waals surface area contributed by atoms with Crippen LogP contribution in [-0.2, 0) is 33.3 Å². The second-order valence-electron chi connectivity index (χ2n) is 28.7. The van der Waals surface area contributed by atoms with Crippen LogP contribution in [0, 0.1) is 0 Å². The number of hydrogen-bond donors (Lipinski definition) is 1. The summed E-state index contributed by atoms with van der Waals surface area (Å²) in [4.78, 5) is 37.7. The van der Waals surface area contributed by atoms with E-state index in [2.05, 4.69) is 74.6 Å². The normalized spacial score (nSPS) is 12.9. The van der Waals surface area contributed by atoms with Gasteiger partial charge in [-0.05, 0) is 77.0 Å². The minimum atomic E-state index is -1.51. The number of ether oxygens (including phenoxy) is 4. The van der Waals surface area contributed by atoms with Gasteiger partial charge in [0.25, 0.3) is 6.29 Å². The molecule has 0 radical (unpaired) electrons. The van der Waals surface area contributed by atoms with Crippen molar-refractivity contribution >= 4 is 17.9 Å². The summed E-state index contributed by atoms with van der Waals surface area (Å²) in [6.45, 7) is 4.84. The number of rotatable bonds is 76. The molecule has 2 atom stereocenters. The number of carbonyl (C=O) groups is 3. The van der Waals surface area contributed by atoms with E-state index in [1.807, 2.05) is 21.1 Å². The first-order valence-electron chi connectivity index (χ1n) is 40.5. The Morgan fingerprint density at radius 1 is 0.333 bits per heavy atom. The van der Waals surface area contributed by atoms with Crippen LogP contribution >= 0.6 is 0 Å². The van der Waals surface area contributed by atoms with Crippen molar-refractivity contribution in [1.29, 1.82) is 0 Å². The van der Waals surface area contributed by atoms with Crippen LogP contribution in [-0.4, -0.2) is 87.4 Å². The lowest BCUT2D eigenvalue weighted by Gasteiger charge is -2.25. The van der Waals surface area contributed by atoms with Crippen molar-refractivity contribution in [2.75, 3.05) is 47.5 Å². The van der Waals surface area contributed by atoms with E-state index in [1.165, 1.54) is 308 Å². The Balaban J connectivity index is 3.97. The molecule has 0 saturated heterocycles. The molecule has 2 unspecified atom stereocenters. The molecular formula is C84H156NO8+. The maximum Gasteiger partial charge on any atom is 0.361 e. The summed E-state index contributed by atoms with van der Waals surface area (Å²) in [6.07, 6.45) is 96.7. The molecule has 0 saturated carbocycles. The SMILES string of the molecule is CC/C=C\C/C=C\C/C=C\C/C=C\CCCCCCCCCCCCCCCCCCCCCCCCC(=O)OC(COC(=O)CCCCCCCCCCCCCCCCCCCCCCC/C=C\CCCCCCCCCC)COC(OCC[N+](C)(C)C)C(=O)O. The van der Waals surface area contributed by atoms with Crippen molar-refractivity contribution in [3.8, 4) is 0 Å². The van der Waals surface area contributed by atoms with Crippen LogP contribution in [0.2, 0.25) is 0 Å². The highest BCUT2D eigenvalue weighted by molar-refractivity contribution is 5.71. The predicted octanol–water partition coefficient (Wildman–Crippen LogP) is 25.8. The molecule has 544 valence electrons. The molecule has 0 aliphatic carbocycles. The van der Waals surface area contributed by atoms with E-state index in [0.29, 0.717) is 17.4 Å². The molecule has 0 heterocycles. The summed E-state index contributed by atoms with van der Waals surface area (Å²) in [5, 5.41) is 9.78. The summed E-state index contributed by atoms with van der Waals surface area (Å²) < 4.78 is 23.1. The minimum absolute atomic E-state index is 0.176. The summed E-state index contributed by atoms with van der Waals surface area (Å²) in [5.41, 5.74) is 0. The monoisotopic (exact) mass is 1310 g/mol. The van der Waals surface area contributed by atoms with E-state index in [0.717, 1.165) is 64.2 Å². The smallest absolute Gasteiger partial charge is 0.361 e. The molecule has 0 aromatic heterocycles. The fraction of sp³-hybridized carbons (Fsp3) is 0.845. The number of nitrogens with zero attached hydrogens (tertiary/aromatic N) is 1. The Bertz CT molecular complexity index is 1710. The van der Waals surface area contributed by atoms with Gasteiger partial charge in [-0.1, -0.05) is 370 Å². The van der Waals surface area contributed by atoms with Gasteiger partial charge < -0.3 is 28.5 Å². The van der Waals surface area contributed by atoms with Gasteiger partial charge in [0.2, 0.25) is 0 Å². The van der Waals surface area contributed by atoms with E-state index in [1.54, 1.807) is 0 Å². The van der Waals surface area contributed by atoms with Crippen LogP contribution in [0.15, 0.2) is 60.8 Å². The van der Waals surface area contributed by atoms with E-state index < -0.39 is 18.4 Å². The average Bonchev–Trinajstić information content (AvgIpc) is 3.74. The molecule has 0 bridgehead atoms. The van der Waals surface area contributed by atoms with Crippen LogP contribution in [0.3, 0.4) is 0 Å². The number of carbonyl (C=O) groups excluding carboxylic acids is 2. The van der Waals surface area contributed by atoms with Gasteiger partial charge in [0.05, 0.1) is 34.4 Å². The Kier molecular flexibility index (Phi) is 72.4. The van der Waals surface area contributed by atoms with Crippen LogP contribution in [0.25, 0.3) is 0 Å². The Labute approximate surface area is 577 Å². The van der Waals surface area contributed by atoms with Crippen molar-refractivity contribution in [2.45, 2.75) is 411 Å². The van der Waals surface area contributed by atoms with Gasteiger partial charge >= 0.3 is 17.9 Å². The largest absolute Gasteiger partial charge is 0.477 e. The number of allylic oxidation sites excluding steroid dienone is 10. The van der Waals surface area contributed by atoms with Crippen LogP contribution in [0.4, 0.5) is 0 Å². The van der Waals surface area contributed by atoms with Gasteiger partial charge in [-0.15, -0.1) is 0 Å².